The molecule has 0 aliphatic heterocycles. The predicted molar refractivity (Wildman–Crippen MR) is 120 cm³/mol. The van der Waals surface area contributed by atoms with Gasteiger partial charge in [-0.15, -0.1) is 0 Å². The highest BCUT2D eigenvalue weighted by Gasteiger charge is 2.17. The van der Waals surface area contributed by atoms with Gasteiger partial charge in [0.2, 0.25) is 6.29 Å². The quantitative estimate of drug-likeness (QED) is 0.275. The summed E-state index contributed by atoms with van der Waals surface area (Å²) < 4.78 is 16.7. The minimum Gasteiger partial charge on any atom is -0.454 e. The maximum Gasteiger partial charge on any atom is 0.216 e. The molecule has 0 amide bonds. The van der Waals surface area contributed by atoms with Crippen LogP contribution in [0.3, 0.4) is 0 Å². The number of furan rings is 1. The van der Waals surface area contributed by atoms with E-state index in [2.05, 4.69) is 32.5 Å². The fraction of sp³-hybridized carbons (Fsp3) is 0.429. The van der Waals surface area contributed by atoms with Crippen LogP contribution in [-0.4, -0.2) is 40.3 Å². The summed E-state index contributed by atoms with van der Waals surface area (Å²) in [6.07, 6.45) is 4.52. The van der Waals surface area contributed by atoms with Crippen molar-refractivity contribution in [3.63, 3.8) is 0 Å². The molecule has 8 nitrogen and oxygen atoms in total. The Bertz CT molecular complexity index is 978. The number of unbranched alkanes of at least 4 members (excludes halogenated alkanes) is 2. The Kier molecular flexibility index (Phi) is 8.06. The monoisotopic (exact) mass is 429 g/mol. The molecule has 0 saturated heterocycles. The van der Waals surface area contributed by atoms with Crippen LogP contribution in [0.5, 0.6) is 0 Å². The van der Waals surface area contributed by atoms with Gasteiger partial charge >= 0.3 is 0 Å². The fourth-order valence-electron chi connectivity index (χ4n) is 2.86. The normalized spacial score (nSPS) is 12.1. The average Bonchev–Trinajstić information content (AvgIpc) is 3.24. The molecule has 1 unspecified atom stereocenters. The molecular weight excluding hydrogens is 402 g/mol. The third-order valence-corrected chi connectivity index (χ3v) is 4.60. The van der Waals surface area contributed by atoms with Crippen LogP contribution in [0.1, 0.15) is 45.2 Å². The summed E-state index contributed by atoms with van der Waals surface area (Å²) in [4.78, 5) is 13.6. The fourth-order valence-corrected chi connectivity index (χ4v) is 3.07. The topological polar surface area (TPSA) is 94.3 Å². The van der Waals surface area contributed by atoms with Gasteiger partial charge in [0.1, 0.15) is 17.0 Å². The molecular formula is C21H27N5O3S. The molecule has 3 aromatic heterocycles. The van der Waals surface area contributed by atoms with Gasteiger partial charge in [-0.2, -0.15) is 0 Å². The number of thiocarbonyl (C=S) groups is 1. The molecule has 9 heteroatoms. The van der Waals surface area contributed by atoms with E-state index >= 15 is 0 Å². The lowest BCUT2D eigenvalue weighted by Crippen LogP contribution is -2.29. The number of hydrogen-bond acceptors (Lipinski definition) is 7. The number of hydrogen-bond donors (Lipinski definition) is 2. The molecule has 30 heavy (non-hydrogen) atoms. The Morgan fingerprint density at radius 3 is 2.80 bits per heavy atom. The van der Waals surface area contributed by atoms with Crippen molar-refractivity contribution in [1.82, 2.24) is 20.3 Å². The van der Waals surface area contributed by atoms with E-state index in [4.69, 9.17) is 26.1 Å². The highest BCUT2D eigenvalue weighted by molar-refractivity contribution is 7.80. The van der Waals surface area contributed by atoms with Crippen LogP contribution in [0.4, 0.5) is 5.82 Å². The van der Waals surface area contributed by atoms with E-state index in [9.17, 15) is 0 Å². The number of pyridine rings is 1. The number of methoxy groups -OCH3 is 1. The lowest BCUT2D eigenvalue weighted by atomic mass is 10.2. The van der Waals surface area contributed by atoms with Crippen molar-refractivity contribution >= 4 is 34.3 Å². The summed E-state index contributed by atoms with van der Waals surface area (Å²) in [5.41, 5.74) is 1.75. The maximum absolute atomic E-state index is 5.86. The van der Waals surface area contributed by atoms with Crippen LogP contribution >= 0.6 is 12.2 Å². The summed E-state index contributed by atoms with van der Waals surface area (Å²) >= 11 is 5.33. The molecule has 160 valence electrons. The Morgan fingerprint density at radius 1 is 1.17 bits per heavy atom. The largest absolute Gasteiger partial charge is 0.454 e. The van der Waals surface area contributed by atoms with E-state index in [1.807, 2.05) is 25.1 Å². The van der Waals surface area contributed by atoms with Crippen molar-refractivity contribution in [2.24, 2.45) is 0 Å². The summed E-state index contributed by atoms with van der Waals surface area (Å²) in [5, 5.41) is 6.82. The van der Waals surface area contributed by atoms with E-state index < -0.39 is 6.29 Å². The van der Waals surface area contributed by atoms with Crippen LogP contribution in [-0.2, 0) is 9.47 Å². The number of anilines is 1. The van der Waals surface area contributed by atoms with E-state index in [-0.39, 0.29) is 0 Å². The molecule has 3 rings (SSSR count). The Morgan fingerprint density at radius 2 is 2.03 bits per heavy atom. The van der Waals surface area contributed by atoms with Crippen molar-refractivity contribution in [2.75, 3.05) is 25.6 Å². The number of nitrogens with one attached hydrogen (secondary N) is 2. The molecule has 0 aromatic carbocycles. The first-order chi connectivity index (χ1) is 14.6. The van der Waals surface area contributed by atoms with Crippen LogP contribution < -0.4 is 10.6 Å². The highest BCUT2D eigenvalue weighted by atomic mass is 32.1. The first kappa shape index (κ1) is 22.1. The lowest BCUT2D eigenvalue weighted by molar-refractivity contribution is -0.134. The SMILES string of the molecule is CCCCCNC(=S)Nc1ccc2ncc(-c3ccc(C(OC)OCC)o3)nc2n1. The molecule has 0 bridgehead atoms. The standard InChI is InChI=1S/C21H27N5O3S/c1-4-6-7-12-22-21(30)26-18-11-8-14-19(25-18)24-15(13-23-14)16-9-10-17(29-16)20(27-3)28-5-2/h8-11,13,20H,4-7,12H2,1-3H3,(H2,22,24,25,26,30). The summed E-state index contributed by atoms with van der Waals surface area (Å²) in [5.74, 6) is 1.74. The summed E-state index contributed by atoms with van der Waals surface area (Å²) in [7, 11) is 1.57. The molecule has 0 saturated carbocycles. The minimum absolute atomic E-state index is 0.498. The summed E-state index contributed by atoms with van der Waals surface area (Å²) in [6.45, 7) is 5.42. The molecule has 0 aliphatic carbocycles. The molecule has 0 spiro atoms. The zero-order valence-corrected chi connectivity index (χ0v) is 18.3. The van der Waals surface area contributed by atoms with Gasteiger partial charge in [-0.05, 0) is 49.8 Å². The van der Waals surface area contributed by atoms with Crippen molar-refractivity contribution in [3.05, 3.63) is 36.2 Å². The molecule has 3 aromatic rings. The van der Waals surface area contributed by atoms with Gasteiger partial charge in [-0.1, -0.05) is 19.8 Å². The number of aromatic nitrogens is 3. The number of nitrogens with zero attached hydrogens (tertiary/aromatic N) is 3. The van der Waals surface area contributed by atoms with Crippen LogP contribution in [0.15, 0.2) is 34.9 Å². The van der Waals surface area contributed by atoms with E-state index in [0.29, 0.717) is 45.9 Å². The zero-order valence-electron chi connectivity index (χ0n) is 17.5. The van der Waals surface area contributed by atoms with Crippen LogP contribution in [0.25, 0.3) is 22.6 Å². The maximum atomic E-state index is 5.86. The lowest BCUT2D eigenvalue weighted by Gasteiger charge is -2.12. The van der Waals surface area contributed by atoms with Gasteiger partial charge < -0.3 is 24.5 Å². The van der Waals surface area contributed by atoms with Gasteiger partial charge in [0, 0.05) is 20.3 Å². The van der Waals surface area contributed by atoms with Gasteiger partial charge in [-0.25, -0.2) is 9.97 Å². The molecule has 0 aliphatic rings. The first-order valence-corrected chi connectivity index (χ1v) is 10.5. The second kappa shape index (κ2) is 11.0. The molecule has 0 fully saturated rings. The van der Waals surface area contributed by atoms with E-state index in [1.54, 1.807) is 19.4 Å². The second-order valence-corrected chi connectivity index (χ2v) is 7.02. The first-order valence-electron chi connectivity index (χ1n) is 10.1. The number of fused-ring (bicyclic) bond motifs is 1. The van der Waals surface area contributed by atoms with Crippen LogP contribution in [0.2, 0.25) is 0 Å². The van der Waals surface area contributed by atoms with Gasteiger partial charge in [-0.3, -0.25) is 4.98 Å². The summed E-state index contributed by atoms with van der Waals surface area (Å²) in [6, 6.07) is 7.30. The smallest absolute Gasteiger partial charge is 0.216 e. The van der Waals surface area contributed by atoms with Crippen molar-refractivity contribution in [1.29, 1.82) is 0 Å². The minimum atomic E-state index is -0.558. The van der Waals surface area contributed by atoms with Crippen molar-refractivity contribution < 1.29 is 13.9 Å². The predicted octanol–water partition coefficient (Wildman–Crippen LogP) is 4.44. The van der Waals surface area contributed by atoms with Gasteiger partial charge in [0.15, 0.2) is 22.3 Å². The molecule has 0 radical (unpaired) electrons. The van der Waals surface area contributed by atoms with Gasteiger partial charge in [0.05, 0.1) is 6.20 Å². The Hall–Kier alpha value is -2.62. The second-order valence-electron chi connectivity index (χ2n) is 6.61. The molecule has 1 atom stereocenters. The number of rotatable bonds is 10. The Labute approximate surface area is 181 Å². The molecule has 2 N–H and O–H groups in total. The van der Waals surface area contributed by atoms with Crippen molar-refractivity contribution in [2.45, 2.75) is 39.4 Å². The van der Waals surface area contributed by atoms with Gasteiger partial charge in [0.25, 0.3) is 0 Å². The van der Waals surface area contributed by atoms with E-state index in [1.165, 1.54) is 12.8 Å². The Balaban J connectivity index is 1.74. The number of ether oxygens (including phenoxy) is 2. The van der Waals surface area contributed by atoms with Crippen LogP contribution in [0, 0.1) is 0 Å². The zero-order chi connectivity index (χ0) is 21.3. The van der Waals surface area contributed by atoms with E-state index in [0.717, 1.165) is 13.0 Å². The average molecular weight is 430 g/mol. The highest BCUT2D eigenvalue weighted by Crippen LogP contribution is 2.27. The third-order valence-electron chi connectivity index (χ3n) is 4.36. The molecule has 3 heterocycles. The van der Waals surface area contributed by atoms with Crippen molar-refractivity contribution in [3.8, 4) is 11.5 Å². The third kappa shape index (κ3) is 5.71.